The summed E-state index contributed by atoms with van der Waals surface area (Å²) in [6.45, 7) is 3.17. The number of carbonyl (C=O) groups excluding carboxylic acids is 2. The first-order valence-electron chi connectivity index (χ1n) is 10.8. The minimum atomic E-state index is -0.323. The van der Waals surface area contributed by atoms with Crippen molar-refractivity contribution in [1.29, 1.82) is 0 Å². The lowest BCUT2D eigenvalue weighted by molar-refractivity contribution is -0.144. The van der Waals surface area contributed by atoms with Crippen LogP contribution in [0.2, 0.25) is 0 Å². The maximum atomic E-state index is 13.3. The standard InChI is InChI=1S/C24H31FN2O4/c1-18-7-12-22(31-18)16-27(15-19-8-10-21(25)11-9-19)23(28)17-26(13-14-30-2)24(29)20-5-3-4-6-20/h7-12,20H,3-6,13-17H2,1-2H3. The van der Waals surface area contributed by atoms with Gasteiger partial charge in [-0.1, -0.05) is 25.0 Å². The molecule has 0 saturated heterocycles. The molecule has 0 atom stereocenters. The van der Waals surface area contributed by atoms with Crippen molar-refractivity contribution in [2.45, 2.75) is 45.7 Å². The van der Waals surface area contributed by atoms with E-state index in [1.54, 1.807) is 29.0 Å². The fraction of sp³-hybridized carbons (Fsp3) is 0.500. The Morgan fingerprint density at radius 1 is 1.06 bits per heavy atom. The van der Waals surface area contributed by atoms with Crippen LogP contribution in [0.5, 0.6) is 0 Å². The normalized spacial score (nSPS) is 14.0. The van der Waals surface area contributed by atoms with Crippen molar-refractivity contribution in [2.75, 3.05) is 26.8 Å². The van der Waals surface area contributed by atoms with E-state index in [0.29, 0.717) is 25.5 Å². The zero-order valence-corrected chi connectivity index (χ0v) is 18.3. The molecule has 2 amide bonds. The number of nitrogens with zero attached hydrogens (tertiary/aromatic N) is 2. The molecule has 168 valence electrons. The number of hydrogen-bond acceptors (Lipinski definition) is 4. The van der Waals surface area contributed by atoms with Crippen LogP contribution in [0.25, 0.3) is 0 Å². The van der Waals surface area contributed by atoms with E-state index < -0.39 is 0 Å². The highest BCUT2D eigenvalue weighted by atomic mass is 19.1. The lowest BCUT2D eigenvalue weighted by Crippen LogP contribution is -2.45. The second-order valence-corrected chi connectivity index (χ2v) is 8.12. The van der Waals surface area contributed by atoms with E-state index in [0.717, 1.165) is 37.0 Å². The molecule has 0 unspecified atom stereocenters. The summed E-state index contributed by atoms with van der Waals surface area (Å²) in [6, 6.07) is 9.77. The number of rotatable bonds is 10. The van der Waals surface area contributed by atoms with Gasteiger partial charge in [0.2, 0.25) is 11.8 Å². The number of carbonyl (C=O) groups is 2. The molecule has 0 radical (unpaired) electrons. The summed E-state index contributed by atoms with van der Waals surface area (Å²) >= 11 is 0. The van der Waals surface area contributed by atoms with Gasteiger partial charge in [0.05, 0.1) is 19.7 Å². The zero-order chi connectivity index (χ0) is 22.2. The van der Waals surface area contributed by atoms with Gasteiger partial charge in [0.1, 0.15) is 17.3 Å². The highest BCUT2D eigenvalue weighted by molar-refractivity contribution is 5.86. The predicted octanol–water partition coefficient (Wildman–Crippen LogP) is 3.92. The molecular formula is C24H31FN2O4. The molecule has 0 bridgehead atoms. The first-order valence-corrected chi connectivity index (χ1v) is 10.8. The van der Waals surface area contributed by atoms with Crippen LogP contribution >= 0.6 is 0 Å². The first kappa shape index (κ1) is 23.0. The summed E-state index contributed by atoms with van der Waals surface area (Å²) in [5.74, 6) is 0.944. The monoisotopic (exact) mass is 430 g/mol. The number of methoxy groups -OCH3 is 1. The largest absolute Gasteiger partial charge is 0.464 e. The fourth-order valence-corrected chi connectivity index (χ4v) is 3.96. The van der Waals surface area contributed by atoms with Gasteiger partial charge in [0.25, 0.3) is 0 Å². The van der Waals surface area contributed by atoms with Gasteiger partial charge in [-0.3, -0.25) is 9.59 Å². The number of hydrogen-bond donors (Lipinski definition) is 0. The van der Waals surface area contributed by atoms with Gasteiger partial charge in [0, 0.05) is 26.1 Å². The molecule has 1 aliphatic rings. The van der Waals surface area contributed by atoms with Crippen LogP contribution in [0.3, 0.4) is 0 Å². The summed E-state index contributed by atoms with van der Waals surface area (Å²) < 4.78 is 24.1. The fourth-order valence-electron chi connectivity index (χ4n) is 3.96. The highest BCUT2D eigenvalue weighted by Gasteiger charge is 2.29. The van der Waals surface area contributed by atoms with Crippen LogP contribution in [0.1, 0.15) is 42.8 Å². The smallest absolute Gasteiger partial charge is 0.242 e. The molecule has 0 spiro atoms. The van der Waals surface area contributed by atoms with Gasteiger partial charge in [-0.25, -0.2) is 4.39 Å². The third-order valence-electron chi connectivity index (χ3n) is 5.69. The second-order valence-electron chi connectivity index (χ2n) is 8.12. The molecule has 1 saturated carbocycles. The van der Waals surface area contributed by atoms with Gasteiger partial charge < -0.3 is 19.0 Å². The van der Waals surface area contributed by atoms with Crippen LogP contribution in [-0.4, -0.2) is 48.4 Å². The molecule has 1 heterocycles. The Morgan fingerprint density at radius 2 is 1.77 bits per heavy atom. The summed E-state index contributed by atoms with van der Waals surface area (Å²) in [5, 5.41) is 0. The van der Waals surface area contributed by atoms with Gasteiger partial charge >= 0.3 is 0 Å². The second kappa shape index (κ2) is 11.1. The van der Waals surface area contributed by atoms with Crippen molar-refractivity contribution < 1.29 is 23.1 Å². The molecule has 6 nitrogen and oxygen atoms in total. The Kier molecular flexibility index (Phi) is 8.23. The van der Waals surface area contributed by atoms with E-state index in [9.17, 15) is 14.0 Å². The predicted molar refractivity (Wildman–Crippen MR) is 115 cm³/mol. The summed E-state index contributed by atoms with van der Waals surface area (Å²) in [5.41, 5.74) is 0.809. The molecule has 1 aromatic heterocycles. The van der Waals surface area contributed by atoms with Crippen molar-refractivity contribution in [2.24, 2.45) is 5.92 Å². The number of ether oxygens (including phenoxy) is 1. The van der Waals surface area contributed by atoms with Crippen LogP contribution < -0.4 is 0 Å². The van der Waals surface area contributed by atoms with E-state index in [2.05, 4.69) is 0 Å². The average Bonchev–Trinajstić information content (AvgIpc) is 3.43. The molecule has 1 fully saturated rings. The average molecular weight is 431 g/mol. The SMILES string of the molecule is COCCN(CC(=O)N(Cc1ccc(F)cc1)Cc1ccc(C)o1)C(=O)C1CCCC1. The zero-order valence-electron chi connectivity index (χ0n) is 18.3. The van der Waals surface area contributed by atoms with Crippen LogP contribution in [0, 0.1) is 18.7 Å². The molecule has 1 aliphatic carbocycles. The highest BCUT2D eigenvalue weighted by Crippen LogP contribution is 2.26. The minimum Gasteiger partial charge on any atom is -0.464 e. The molecular weight excluding hydrogens is 399 g/mol. The number of benzene rings is 1. The molecule has 3 rings (SSSR count). The van der Waals surface area contributed by atoms with Gasteiger partial charge in [-0.05, 0) is 49.6 Å². The Morgan fingerprint density at radius 3 is 2.39 bits per heavy atom. The van der Waals surface area contributed by atoms with E-state index in [4.69, 9.17) is 9.15 Å². The lowest BCUT2D eigenvalue weighted by Gasteiger charge is -2.29. The minimum absolute atomic E-state index is 0.0112. The van der Waals surface area contributed by atoms with Crippen molar-refractivity contribution in [3.05, 3.63) is 59.3 Å². The summed E-state index contributed by atoms with van der Waals surface area (Å²) in [6.07, 6.45) is 3.86. The number of furan rings is 1. The number of amides is 2. The maximum absolute atomic E-state index is 13.3. The molecule has 7 heteroatoms. The molecule has 2 aromatic rings. The van der Waals surface area contributed by atoms with Crippen LogP contribution in [0.4, 0.5) is 4.39 Å². The van der Waals surface area contributed by atoms with E-state index >= 15 is 0 Å². The third kappa shape index (κ3) is 6.66. The first-order chi connectivity index (χ1) is 15.0. The van der Waals surface area contributed by atoms with Crippen molar-refractivity contribution in [3.8, 4) is 0 Å². The van der Waals surface area contributed by atoms with Crippen LogP contribution in [-0.2, 0) is 27.4 Å². The van der Waals surface area contributed by atoms with E-state index in [1.165, 1.54) is 12.1 Å². The van der Waals surface area contributed by atoms with Gasteiger partial charge in [-0.2, -0.15) is 0 Å². The number of aryl methyl sites for hydroxylation is 1. The Balaban J connectivity index is 1.75. The van der Waals surface area contributed by atoms with Crippen molar-refractivity contribution >= 4 is 11.8 Å². The van der Waals surface area contributed by atoms with Gasteiger partial charge in [0.15, 0.2) is 0 Å². The lowest BCUT2D eigenvalue weighted by atomic mass is 10.1. The topological polar surface area (TPSA) is 63.0 Å². The van der Waals surface area contributed by atoms with E-state index in [-0.39, 0.29) is 36.6 Å². The quantitative estimate of drug-likeness (QED) is 0.573. The molecule has 0 aliphatic heterocycles. The summed E-state index contributed by atoms with van der Waals surface area (Å²) in [7, 11) is 1.58. The Hall–Kier alpha value is -2.67. The van der Waals surface area contributed by atoms with Crippen molar-refractivity contribution in [3.63, 3.8) is 0 Å². The molecule has 1 aromatic carbocycles. The third-order valence-corrected chi connectivity index (χ3v) is 5.69. The van der Waals surface area contributed by atoms with Crippen molar-refractivity contribution in [1.82, 2.24) is 9.80 Å². The maximum Gasteiger partial charge on any atom is 0.242 e. The van der Waals surface area contributed by atoms with Crippen LogP contribution in [0.15, 0.2) is 40.8 Å². The van der Waals surface area contributed by atoms with E-state index in [1.807, 2.05) is 19.1 Å². The molecule has 0 N–H and O–H groups in total. The Labute approximate surface area is 183 Å². The molecule has 31 heavy (non-hydrogen) atoms. The van der Waals surface area contributed by atoms with Gasteiger partial charge in [-0.15, -0.1) is 0 Å². The summed E-state index contributed by atoms with van der Waals surface area (Å²) in [4.78, 5) is 29.6. The number of halogens is 1. The Bertz CT molecular complexity index is 859.